The number of benzene rings is 1. The first-order valence-electron chi connectivity index (χ1n) is 13.3. The van der Waals surface area contributed by atoms with Gasteiger partial charge < -0.3 is 59.4 Å². The summed E-state index contributed by atoms with van der Waals surface area (Å²) in [6.45, 7) is 1.48. The molecule has 0 radical (unpaired) electrons. The van der Waals surface area contributed by atoms with Crippen LogP contribution in [0.25, 0.3) is 0 Å². The van der Waals surface area contributed by atoms with E-state index in [2.05, 4.69) is 6.92 Å². The molecule has 12 nitrogen and oxygen atoms in total. The molecule has 218 valence electrons. The molecule has 2 aliphatic rings. The lowest BCUT2D eigenvalue weighted by molar-refractivity contribution is -0.352. The zero-order valence-electron chi connectivity index (χ0n) is 21.6. The van der Waals surface area contributed by atoms with Crippen molar-refractivity contribution in [2.45, 2.75) is 107 Å². The van der Waals surface area contributed by atoms with E-state index in [1.807, 2.05) is 0 Å². The van der Waals surface area contributed by atoms with E-state index in [9.17, 15) is 35.7 Å². The van der Waals surface area contributed by atoms with Gasteiger partial charge in [-0.25, -0.2) is 0 Å². The maximum absolute atomic E-state index is 10.7. The minimum atomic E-state index is -1.73. The molecule has 0 saturated carbocycles. The van der Waals surface area contributed by atoms with E-state index >= 15 is 0 Å². The summed E-state index contributed by atoms with van der Waals surface area (Å²) in [6.07, 6.45) is -8.05. The molecule has 0 aliphatic carbocycles. The lowest BCUT2D eigenvalue weighted by atomic mass is 9.97. The fraction of sp³-hybridized carbons (Fsp3) is 0.769. The van der Waals surface area contributed by atoms with Crippen LogP contribution in [0.1, 0.15) is 45.4 Å². The van der Waals surface area contributed by atoms with Crippen LogP contribution in [-0.2, 0) is 14.2 Å². The molecule has 2 aliphatic heterocycles. The fourth-order valence-corrected chi connectivity index (χ4v) is 4.47. The molecule has 38 heavy (non-hydrogen) atoms. The largest absolute Gasteiger partial charge is 0.494 e. The van der Waals surface area contributed by atoms with Gasteiger partial charge in [0.15, 0.2) is 6.29 Å². The molecule has 10 atom stereocenters. The SMILES string of the molecule is CCCCCCCCOc1ccc(O[C@H]2O[C@H](CO)[C@@H](O[C@@H]3O[C@H](CO)[C@H](O)[C@H](O)[C@H]3O)[C@H](O)[C@H]2O)cc1. The third kappa shape index (κ3) is 7.98. The Hall–Kier alpha value is -1.58. The third-order valence-electron chi connectivity index (χ3n) is 6.80. The van der Waals surface area contributed by atoms with E-state index in [0.717, 1.165) is 12.8 Å². The van der Waals surface area contributed by atoms with Crippen molar-refractivity contribution in [1.82, 2.24) is 0 Å². The Morgan fingerprint density at radius 3 is 1.89 bits per heavy atom. The highest BCUT2D eigenvalue weighted by Gasteiger charge is 2.51. The smallest absolute Gasteiger partial charge is 0.229 e. The van der Waals surface area contributed by atoms with Gasteiger partial charge in [-0.15, -0.1) is 0 Å². The second kappa shape index (κ2) is 15.3. The summed E-state index contributed by atoms with van der Waals surface area (Å²) in [5.41, 5.74) is 0. The van der Waals surface area contributed by atoms with Gasteiger partial charge in [0.05, 0.1) is 19.8 Å². The molecule has 7 N–H and O–H groups in total. The van der Waals surface area contributed by atoms with Crippen LogP contribution < -0.4 is 9.47 Å². The molecule has 12 heteroatoms. The molecule has 0 unspecified atom stereocenters. The van der Waals surface area contributed by atoms with Crippen molar-refractivity contribution in [2.24, 2.45) is 0 Å². The average Bonchev–Trinajstić information content (AvgIpc) is 2.93. The summed E-state index contributed by atoms with van der Waals surface area (Å²) in [4.78, 5) is 0. The summed E-state index contributed by atoms with van der Waals surface area (Å²) in [7, 11) is 0. The Balaban J connectivity index is 1.53. The van der Waals surface area contributed by atoms with Gasteiger partial charge in [0.2, 0.25) is 6.29 Å². The molecule has 0 bridgehead atoms. The van der Waals surface area contributed by atoms with Crippen LogP contribution in [0.4, 0.5) is 0 Å². The van der Waals surface area contributed by atoms with E-state index in [1.165, 1.54) is 25.7 Å². The van der Waals surface area contributed by atoms with Gasteiger partial charge >= 0.3 is 0 Å². The maximum Gasteiger partial charge on any atom is 0.229 e. The molecule has 2 fully saturated rings. The summed E-state index contributed by atoms with van der Waals surface area (Å²) in [6, 6.07) is 6.69. The molecule has 1 aromatic rings. The molecular formula is C26H42O12. The lowest BCUT2D eigenvalue weighted by Gasteiger charge is -2.45. The quantitative estimate of drug-likeness (QED) is 0.147. The summed E-state index contributed by atoms with van der Waals surface area (Å²) >= 11 is 0. The Bertz CT molecular complexity index is 791. The standard InChI is InChI=1S/C26H42O12/c1-2-3-4-5-6-7-12-34-15-8-10-16(11-9-15)35-25-23(33)21(31)24(18(14-28)37-25)38-26-22(32)20(30)19(29)17(13-27)36-26/h8-11,17-33H,2-7,12-14H2,1H3/t17-,18-,19+,20+,21-,22-,23-,24-,25+,26+/m1/s1. The van der Waals surface area contributed by atoms with Crippen LogP contribution in [0.15, 0.2) is 24.3 Å². The van der Waals surface area contributed by atoms with Crippen LogP contribution in [0, 0.1) is 0 Å². The van der Waals surface area contributed by atoms with Crippen molar-refractivity contribution in [3.05, 3.63) is 24.3 Å². The van der Waals surface area contributed by atoms with Crippen molar-refractivity contribution >= 4 is 0 Å². The predicted molar refractivity (Wildman–Crippen MR) is 132 cm³/mol. The summed E-state index contributed by atoms with van der Waals surface area (Å²) < 4.78 is 27.9. The van der Waals surface area contributed by atoms with E-state index < -0.39 is 74.6 Å². The first-order chi connectivity index (χ1) is 18.3. The Morgan fingerprint density at radius 2 is 1.24 bits per heavy atom. The first kappa shape index (κ1) is 31.0. The van der Waals surface area contributed by atoms with Crippen molar-refractivity contribution in [3.63, 3.8) is 0 Å². The fourth-order valence-electron chi connectivity index (χ4n) is 4.47. The predicted octanol–water partition coefficient (Wildman–Crippen LogP) is -0.571. The molecule has 0 amide bonds. The van der Waals surface area contributed by atoms with Gasteiger partial charge in [0.25, 0.3) is 0 Å². The molecule has 0 spiro atoms. The number of hydrogen-bond acceptors (Lipinski definition) is 12. The topological polar surface area (TPSA) is 188 Å². The van der Waals surface area contributed by atoms with Crippen molar-refractivity contribution < 1.29 is 59.4 Å². The highest BCUT2D eigenvalue weighted by atomic mass is 16.7. The van der Waals surface area contributed by atoms with Crippen molar-refractivity contribution in [1.29, 1.82) is 0 Å². The van der Waals surface area contributed by atoms with Crippen molar-refractivity contribution in [3.8, 4) is 11.5 Å². The maximum atomic E-state index is 10.7. The minimum absolute atomic E-state index is 0.332. The number of unbranched alkanes of at least 4 members (excludes halogenated alkanes) is 5. The monoisotopic (exact) mass is 546 g/mol. The van der Waals surface area contributed by atoms with Crippen molar-refractivity contribution in [2.75, 3.05) is 19.8 Å². The number of hydrogen-bond donors (Lipinski definition) is 7. The van der Waals surface area contributed by atoms with Crippen LogP contribution >= 0.6 is 0 Å². The van der Waals surface area contributed by atoms with Crippen LogP contribution in [-0.4, -0.2) is 117 Å². The summed E-state index contributed by atoms with van der Waals surface area (Å²) in [5, 5.41) is 70.6. The highest BCUT2D eigenvalue weighted by molar-refractivity contribution is 5.31. The number of ether oxygens (including phenoxy) is 5. The van der Waals surface area contributed by atoms with Gasteiger partial charge in [-0.2, -0.15) is 0 Å². The molecule has 2 heterocycles. The average molecular weight is 547 g/mol. The Morgan fingerprint density at radius 1 is 0.658 bits per heavy atom. The van der Waals surface area contributed by atoms with Gasteiger partial charge in [-0.1, -0.05) is 39.0 Å². The minimum Gasteiger partial charge on any atom is -0.494 e. The van der Waals surface area contributed by atoms with Gasteiger partial charge in [0.1, 0.15) is 60.3 Å². The van der Waals surface area contributed by atoms with Gasteiger partial charge in [0, 0.05) is 0 Å². The Kier molecular flexibility index (Phi) is 12.4. The Labute approximate surface area is 222 Å². The number of aliphatic hydroxyl groups excluding tert-OH is 7. The van der Waals surface area contributed by atoms with E-state index in [4.69, 9.17) is 23.7 Å². The lowest BCUT2D eigenvalue weighted by Crippen LogP contribution is -2.65. The molecular weight excluding hydrogens is 504 g/mol. The second-order valence-electron chi connectivity index (χ2n) is 9.71. The van der Waals surface area contributed by atoms with E-state index in [0.29, 0.717) is 18.1 Å². The van der Waals surface area contributed by atoms with E-state index in [1.54, 1.807) is 24.3 Å². The highest BCUT2D eigenvalue weighted by Crippen LogP contribution is 2.30. The van der Waals surface area contributed by atoms with Crippen LogP contribution in [0.3, 0.4) is 0 Å². The molecule has 0 aromatic heterocycles. The molecule has 2 saturated heterocycles. The number of rotatable bonds is 14. The first-order valence-corrected chi connectivity index (χ1v) is 13.3. The van der Waals surface area contributed by atoms with Gasteiger partial charge in [-0.05, 0) is 30.7 Å². The number of aliphatic hydroxyl groups is 7. The zero-order chi connectivity index (χ0) is 27.7. The normalized spacial score (nSPS) is 35.7. The van der Waals surface area contributed by atoms with Gasteiger partial charge in [-0.3, -0.25) is 0 Å². The van der Waals surface area contributed by atoms with Crippen LogP contribution in [0.5, 0.6) is 11.5 Å². The third-order valence-corrected chi connectivity index (χ3v) is 6.80. The molecule has 1 aromatic carbocycles. The molecule has 3 rings (SSSR count). The summed E-state index contributed by atoms with van der Waals surface area (Å²) in [5.74, 6) is 0.996. The van der Waals surface area contributed by atoms with E-state index in [-0.39, 0.29) is 0 Å². The zero-order valence-corrected chi connectivity index (χ0v) is 21.6. The second-order valence-corrected chi connectivity index (χ2v) is 9.71. The van der Waals surface area contributed by atoms with Crippen LogP contribution in [0.2, 0.25) is 0 Å².